The fourth-order valence-electron chi connectivity index (χ4n) is 2.10. The van der Waals surface area contributed by atoms with Gasteiger partial charge in [-0.3, -0.25) is 4.79 Å². The van der Waals surface area contributed by atoms with Crippen LogP contribution >= 0.6 is 0 Å². The SMILES string of the molecule is C#CC1CC(=O)N(c2cc(CO)ccc2C)C1. The summed E-state index contributed by atoms with van der Waals surface area (Å²) in [6.45, 7) is 2.51. The van der Waals surface area contributed by atoms with E-state index < -0.39 is 0 Å². The van der Waals surface area contributed by atoms with Crippen LogP contribution < -0.4 is 4.90 Å². The predicted molar refractivity (Wildman–Crippen MR) is 66.4 cm³/mol. The molecule has 1 atom stereocenters. The average molecular weight is 229 g/mol. The van der Waals surface area contributed by atoms with Gasteiger partial charge in [0.05, 0.1) is 6.61 Å². The monoisotopic (exact) mass is 229 g/mol. The molecule has 0 aromatic heterocycles. The lowest BCUT2D eigenvalue weighted by atomic mass is 10.1. The predicted octanol–water partition coefficient (Wildman–Crippen LogP) is 1.47. The second-order valence-electron chi connectivity index (χ2n) is 4.35. The van der Waals surface area contributed by atoms with E-state index in [2.05, 4.69) is 5.92 Å². The number of aliphatic hydroxyl groups is 1. The van der Waals surface area contributed by atoms with Crippen molar-refractivity contribution in [1.82, 2.24) is 0 Å². The summed E-state index contributed by atoms with van der Waals surface area (Å²) >= 11 is 0. The highest BCUT2D eigenvalue weighted by Gasteiger charge is 2.30. The van der Waals surface area contributed by atoms with Gasteiger partial charge in [0.25, 0.3) is 0 Å². The number of carbonyl (C=O) groups is 1. The molecule has 88 valence electrons. The van der Waals surface area contributed by atoms with E-state index >= 15 is 0 Å². The van der Waals surface area contributed by atoms with E-state index in [1.165, 1.54) is 0 Å². The topological polar surface area (TPSA) is 40.5 Å². The summed E-state index contributed by atoms with van der Waals surface area (Å²) in [4.78, 5) is 13.6. The number of anilines is 1. The van der Waals surface area contributed by atoms with Gasteiger partial charge in [-0.1, -0.05) is 12.1 Å². The molecule has 1 aromatic carbocycles. The van der Waals surface area contributed by atoms with Crippen LogP contribution in [0.1, 0.15) is 17.5 Å². The van der Waals surface area contributed by atoms with Crippen molar-refractivity contribution in [3.8, 4) is 12.3 Å². The number of nitrogens with zero attached hydrogens (tertiary/aromatic N) is 1. The van der Waals surface area contributed by atoms with Crippen molar-refractivity contribution in [3.05, 3.63) is 29.3 Å². The number of rotatable bonds is 2. The van der Waals surface area contributed by atoms with Gasteiger partial charge in [0.2, 0.25) is 5.91 Å². The molecule has 1 amide bonds. The molecule has 1 aliphatic rings. The van der Waals surface area contributed by atoms with Gasteiger partial charge in [-0.25, -0.2) is 0 Å². The third-order valence-corrected chi connectivity index (χ3v) is 3.11. The maximum absolute atomic E-state index is 11.9. The number of hydrogen-bond donors (Lipinski definition) is 1. The van der Waals surface area contributed by atoms with E-state index in [9.17, 15) is 4.79 Å². The quantitative estimate of drug-likeness (QED) is 0.780. The fourth-order valence-corrected chi connectivity index (χ4v) is 2.10. The van der Waals surface area contributed by atoms with Crippen molar-refractivity contribution < 1.29 is 9.90 Å². The molecule has 0 saturated carbocycles. The zero-order valence-corrected chi connectivity index (χ0v) is 9.81. The van der Waals surface area contributed by atoms with E-state index in [0.29, 0.717) is 13.0 Å². The Morgan fingerprint density at radius 3 is 2.94 bits per heavy atom. The molecule has 1 N–H and O–H groups in total. The number of aliphatic hydroxyl groups excluding tert-OH is 1. The lowest BCUT2D eigenvalue weighted by Gasteiger charge is -2.19. The second kappa shape index (κ2) is 4.60. The zero-order chi connectivity index (χ0) is 12.4. The first kappa shape index (κ1) is 11.7. The third kappa shape index (κ3) is 2.17. The van der Waals surface area contributed by atoms with E-state index in [0.717, 1.165) is 16.8 Å². The molecule has 3 nitrogen and oxygen atoms in total. The Kier molecular flexibility index (Phi) is 3.16. The molecular formula is C14H15NO2. The molecule has 0 aliphatic carbocycles. The van der Waals surface area contributed by atoms with E-state index in [-0.39, 0.29) is 18.4 Å². The van der Waals surface area contributed by atoms with Crippen molar-refractivity contribution in [2.75, 3.05) is 11.4 Å². The summed E-state index contributed by atoms with van der Waals surface area (Å²) in [5.74, 6) is 2.69. The number of aryl methyl sites for hydroxylation is 1. The molecule has 1 aromatic rings. The Balaban J connectivity index is 2.34. The van der Waals surface area contributed by atoms with Crippen LogP contribution in [0.5, 0.6) is 0 Å². The molecule has 0 bridgehead atoms. The highest BCUT2D eigenvalue weighted by atomic mass is 16.3. The van der Waals surface area contributed by atoms with Crippen LogP contribution in [0.4, 0.5) is 5.69 Å². The van der Waals surface area contributed by atoms with Crippen LogP contribution in [0.25, 0.3) is 0 Å². The summed E-state index contributed by atoms with van der Waals surface area (Å²) in [6, 6.07) is 5.63. The van der Waals surface area contributed by atoms with Crippen LogP contribution in [0.3, 0.4) is 0 Å². The molecule has 17 heavy (non-hydrogen) atoms. The number of benzene rings is 1. The molecule has 1 saturated heterocycles. The molecule has 0 spiro atoms. The van der Waals surface area contributed by atoms with Crippen LogP contribution in [0.15, 0.2) is 18.2 Å². The number of carbonyl (C=O) groups excluding carboxylic acids is 1. The first-order valence-electron chi connectivity index (χ1n) is 5.62. The van der Waals surface area contributed by atoms with Crippen LogP contribution in [0.2, 0.25) is 0 Å². The summed E-state index contributed by atoms with van der Waals surface area (Å²) in [7, 11) is 0. The van der Waals surface area contributed by atoms with Gasteiger partial charge in [0.15, 0.2) is 0 Å². The molecule has 1 aliphatic heterocycles. The maximum atomic E-state index is 11.9. The zero-order valence-electron chi connectivity index (χ0n) is 9.81. The standard InChI is InChI=1S/C14H15NO2/c1-3-11-7-14(17)15(8-11)13-6-12(9-16)5-4-10(13)2/h1,4-6,11,16H,7-9H2,2H3. The number of hydrogen-bond acceptors (Lipinski definition) is 2. The Hall–Kier alpha value is -1.79. The molecular weight excluding hydrogens is 214 g/mol. The van der Waals surface area contributed by atoms with Gasteiger partial charge in [-0.15, -0.1) is 12.3 Å². The summed E-state index contributed by atoms with van der Waals surface area (Å²) in [5, 5.41) is 9.12. The van der Waals surface area contributed by atoms with Gasteiger partial charge in [-0.05, 0) is 24.1 Å². The summed E-state index contributed by atoms with van der Waals surface area (Å²) < 4.78 is 0. The van der Waals surface area contributed by atoms with Crippen molar-refractivity contribution in [1.29, 1.82) is 0 Å². The van der Waals surface area contributed by atoms with Gasteiger partial charge < -0.3 is 10.0 Å². The maximum Gasteiger partial charge on any atom is 0.228 e. The van der Waals surface area contributed by atoms with Crippen LogP contribution in [-0.2, 0) is 11.4 Å². The smallest absolute Gasteiger partial charge is 0.228 e. The third-order valence-electron chi connectivity index (χ3n) is 3.11. The number of terminal acetylenes is 1. The Bertz CT molecular complexity index is 487. The first-order valence-corrected chi connectivity index (χ1v) is 5.62. The summed E-state index contributed by atoms with van der Waals surface area (Å²) in [5.41, 5.74) is 2.69. The average Bonchev–Trinajstić information content (AvgIpc) is 2.71. The minimum Gasteiger partial charge on any atom is -0.392 e. The van der Waals surface area contributed by atoms with E-state index in [1.807, 2.05) is 25.1 Å². The molecule has 3 heteroatoms. The molecule has 1 unspecified atom stereocenters. The van der Waals surface area contributed by atoms with Crippen molar-refractivity contribution >= 4 is 11.6 Å². The largest absolute Gasteiger partial charge is 0.392 e. The highest BCUT2D eigenvalue weighted by molar-refractivity contribution is 5.96. The lowest BCUT2D eigenvalue weighted by Crippen LogP contribution is -2.25. The molecule has 0 radical (unpaired) electrons. The van der Waals surface area contributed by atoms with Gasteiger partial charge >= 0.3 is 0 Å². The second-order valence-corrected chi connectivity index (χ2v) is 4.35. The molecule has 2 rings (SSSR count). The fraction of sp³-hybridized carbons (Fsp3) is 0.357. The minimum atomic E-state index is -0.0200. The molecule has 1 fully saturated rings. The van der Waals surface area contributed by atoms with Gasteiger partial charge in [0, 0.05) is 24.6 Å². The minimum absolute atomic E-state index is 0.000294. The van der Waals surface area contributed by atoms with Crippen LogP contribution in [-0.4, -0.2) is 17.6 Å². The Morgan fingerprint density at radius 2 is 2.35 bits per heavy atom. The van der Waals surface area contributed by atoms with E-state index in [1.54, 1.807) is 4.90 Å². The number of amides is 1. The highest BCUT2D eigenvalue weighted by Crippen LogP contribution is 2.28. The Labute approximate surface area is 101 Å². The van der Waals surface area contributed by atoms with Crippen molar-refractivity contribution in [3.63, 3.8) is 0 Å². The first-order chi connectivity index (χ1) is 8.15. The summed E-state index contributed by atoms with van der Waals surface area (Å²) in [6.07, 6.45) is 5.78. The van der Waals surface area contributed by atoms with Crippen LogP contribution in [0, 0.1) is 25.2 Å². The normalized spacial score (nSPS) is 19.5. The molecule has 1 heterocycles. The lowest BCUT2D eigenvalue weighted by molar-refractivity contribution is -0.117. The van der Waals surface area contributed by atoms with Gasteiger partial charge in [-0.2, -0.15) is 0 Å². The van der Waals surface area contributed by atoms with Gasteiger partial charge in [0.1, 0.15) is 0 Å². The van der Waals surface area contributed by atoms with E-state index in [4.69, 9.17) is 11.5 Å². The Morgan fingerprint density at radius 1 is 1.59 bits per heavy atom. The van der Waals surface area contributed by atoms with Crippen molar-refractivity contribution in [2.24, 2.45) is 5.92 Å². The van der Waals surface area contributed by atoms with Crippen molar-refractivity contribution in [2.45, 2.75) is 20.0 Å².